The van der Waals surface area contributed by atoms with Crippen molar-refractivity contribution < 1.29 is 23.4 Å². The molecule has 4 atom stereocenters. The second kappa shape index (κ2) is 11.5. The molecule has 0 spiro atoms. The highest BCUT2D eigenvalue weighted by atomic mass is 35.5. The van der Waals surface area contributed by atoms with Gasteiger partial charge in [-0.15, -0.1) is 0 Å². The Balaban J connectivity index is 1.47. The first kappa shape index (κ1) is 27.4. The van der Waals surface area contributed by atoms with Crippen LogP contribution >= 0.6 is 23.2 Å². The number of amides is 1. The number of nitrogens with zero attached hydrogens (tertiary/aromatic N) is 3. The van der Waals surface area contributed by atoms with E-state index >= 15 is 0 Å². The maximum atomic E-state index is 14.8. The van der Waals surface area contributed by atoms with Crippen molar-refractivity contribution in [2.45, 2.75) is 25.0 Å². The van der Waals surface area contributed by atoms with Crippen LogP contribution in [0.15, 0.2) is 46.9 Å². The van der Waals surface area contributed by atoms with E-state index in [9.17, 15) is 9.18 Å². The molecule has 2 aromatic carbocycles. The van der Waals surface area contributed by atoms with Crippen LogP contribution in [0.1, 0.15) is 18.4 Å². The number of carbonyl (C=O) groups excluding carboxylic acids is 1. The van der Waals surface area contributed by atoms with Crippen LogP contribution in [-0.2, 0) is 9.53 Å². The van der Waals surface area contributed by atoms with Gasteiger partial charge in [-0.05, 0) is 37.4 Å². The topological polar surface area (TPSA) is 84.8 Å². The van der Waals surface area contributed by atoms with E-state index < -0.39 is 5.82 Å². The number of piperidine rings is 2. The SMILES string of the molecule is C=CC(=O)N1C[C@H]2C[C@@H](C1)C2Oc1cc(C(=NC)Nc2ccc(Cl)c(Cl)c2F)c(N=C)cc1O[C@H]1CCOC1. The summed E-state index contributed by atoms with van der Waals surface area (Å²) in [5, 5.41) is 2.91. The van der Waals surface area contributed by atoms with E-state index in [0.29, 0.717) is 54.9 Å². The van der Waals surface area contributed by atoms with Gasteiger partial charge in [0.1, 0.15) is 18.0 Å². The first-order valence-corrected chi connectivity index (χ1v) is 13.4. The summed E-state index contributed by atoms with van der Waals surface area (Å²) in [6, 6.07) is 6.51. The summed E-state index contributed by atoms with van der Waals surface area (Å²) in [4.78, 5) is 22.5. The molecule has 4 fully saturated rings. The van der Waals surface area contributed by atoms with E-state index in [2.05, 4.69) is 28.6 Å². The Morgan fingerprint density at radius 3 is 2.62 bits per heavy atom. The molecule has 6 rings (SSSR count). The highest BCUT2D eigenvalue weighted by Crippen LogP contribution is 2.46. The molecule has 0 radical (unpaired) electrons. The highest BCUT2D eigenvalue weighted by Gasteiger charge is 2.49. The molecule has 0 aromatic heterocycles. The van der Waals surface area contributed by atoms with Gasteiger partial charge in [0.2, 0.25) is 5.91 Å². The Hall–Kier alpha value is -3.14. The van der Waals surface area contributed by atoms with Crippen molar-refractivity contribution in [1.82, 2.24) is 4.90 Å². The van der Waals surface area contributed by atoms with Gasteiger partial charge in [-0.2, -0.15) is 0 Å². The van der Waals surface area contributed by atoms with Crippen LogP contribution in [0.2, 0.25) is 10.0 Å². The van der Waals surface area contributed by atoms with Crippen molar-refractivity contribution >= 4 is 53.0 Å². The Morgan fingerprint density at radius 1 is 1.23 bits per heavy atom. The molecule has 206 valence electrons. The lowest BCUT2D eigenvalue weighted by Crippen LogP contribution is -2.61. The van der Waals surface area contributed by atoms with Crippen LogP contribution in [0, 0.1) is 17.7 Å². The van der Waals surface area contributed by atoms with Crippen LogP contribution in [0.3, 0.4) is 0 Å². The second-order valence-electron chi connectivity index (χ2n) is 9.78. The number of aliphatic imine (C=N–C) groups is 2. The number of hydrogen-bond acceptors (Lipinski definition) is 6. The first-order chi connectivity index (χ1) is 18.8. The van der Waals surface area contributed by atoms with Crippen LogP contribution in [0.25, 0.3) is 0 Å². The molecular formula is C28H29Cl2FN4O4. The molecule has 3 heterocycles. The summed E-state index contributed by atoms with van der Waals surface area (Å²) in [6.07, 6.45) is 2.88. The zero-order chi connectivity index (χ0) is 27.7. The summed E-state index contributed by atoms with van der Waals surface area (Å²) in [5.74, 6) is 0.963. The minimum absolute atomic E-state index is 0.0680. The zero-order valence-electron chi connectivity index (χ0n) is 21.5. The maximum absolute atomic E-state index is 14.8. The van der Waals surface area contributed by atoms with Crippen molar-refractivity contribution in [3.63, 3.8) is 0 Å². The molecule has 1 amide bonds. The number of carbonyl (C=O) groups is 1. The van der Waals surface area contributed by atoms with Gasteiger partial charge in [-0.25, -0.2) is 4.39 Å². The monoisotopic (exact) mass is 574 g/mol. The summed E-state index contributed by atoms with van der Waals surface area (Å²) >= 11 is 12.0. The summed E-state index contributed by atoms with van der Waals surface area (Å²) < 4.78 is 33.2. The standard InChI is InChI=1S/C28H29Cl2FN4O4/c1-4-24(36)35-12-15-9-16(13-35)27(15)39-22-10-18(21(32-2)11-23(22)38-17-7-8-37-14-17)28(33-3)34-20-6-5-19(29)25(30)26(20)31/h4-6,10-11,15-17,27H,1-2,7-9,12-14H2,3H3,(H,33,34)/t15-,16+,17-,27?/m0/s1. The van der Waals surface area contributed by atoms with Crippen molar-refractivity contribution in [3.05, 3.63) is 58.3 Å². The predicted molar refractivity (Wildman–Crippen MR) is 151 cm³/mol. The van der Waals surface area contributed by atoms with Gasteiger partial charge in [0.25, 0.3) is 0 Å². The molecular weight excluding hydrogens is 546 g/mol. The smallest absolute Gasteiger partial charge is 0.245 e. The number of amidine groups is 1. The first-order valence-electron chi connectivity index (χ1n) is 12.7. The molecule has 1 N–H and O–H groups in total. The number of benzene rings is 2. The Bertz CT molecular complexity index is 1320. The molecule has 1 unspecified atom stereocenters. The average Bonchev–Trinajstić information content (AvgIpc) is 3.47. The molecule has 3 aliphatic heterocycles. The maximum Gasteiger partial charge on any atom is 0.245 e. The summed E-state index contributed by atoms with van der Waals surface area (Å²) in [6.45, 7) is 9.63. The molecule has 39 heavy (non-hydrogen) atoms. The van der Waals surface area contributed by atoms with Crippen LogP contribution in [0.4, 0.5) is 15.8 Å². The Morgan fingerprint density at radius 2 is 1.97 bits per heavy atom. The Kier molecular flexibility index (Phi) is 8.11. The number of nitrogens with one attached hydrogen (secondary N) is 1. The quantitative estimate of drug-likeness (QED) is 0.194. The fourth-order valence-corrected chi connectivity index (χ4v) is 5.64. The molecule has 3 saturated heterocycles. The highest BCUT2D eigenvalue weighted by molar-refractivity contribution is 6.42. The van der Waals surface area contributed by atoms with E-state index in [-0.39, 0.29) is 45.7 Å². The lowest BCUT2D eigenvalue weighted by molar-refractivity contribution is -0.142. The minimum atomic E-state index is -0.697. The number of anilines is 1. The summed E-state index contributed by atoms with van der Waals surface area (Å²) in [7, 11) is 1.58. The van der Waals surface area contributed by atoms with Crippen LogP contribution < -0.4 is 14.8 Å². The van der Waals surface area contributed by atoms with Gasteiger partial charge < -0.3 is 24.4 Å². The molecule has 8 nitrogen and oxygen atoms in total. The fourth-order valence-electron chi connectivity index (χ4n) is 5.32. The molecule has 2 bridgehead atoms. The van der Waals surface area contributed by atoms with Gasteiger partial charge in [-0.3, -0.25) is 14.8 Å². The van der Waals surface area contributed by atoms with Crippen molar-refractivity contribution in [3.8, 4) is 11.5 Å². The van der Waals surface area contributed by atoms with Gasteiger partial charge in [-0.1, -0.05) is 29.8 Å². The number of halogens is 3. The molecule has 11 heteroatoms. The van der Waals surface area contributed by atoms with E-state index in [1.807, 2.05) is 4.90 Å². The number of fused-ring (bicyclic) bond motifs is 2. The van der Waals surface area contributed by atoms with Gasteiger partial charge in [0.15, 0.2) is 17.3 Å². The van der Waals surface area contributed by atoms with Crippen molar-refractivity contribution in [2.24, 2.45) is 21.8 Å². The van der Waals surface area contributed by atoms with Gasteiger partial charge in [0.05, 0.1) is 34.6 Å². The lowest BCUT2D eigenvalue weighted by atomic mass is 9.68. The van der Waals surface area contributed by atoms with E-state index in [1.165, 1.54) is 18.2 Å². The zero-order valence-corrected chi connectivity index (χ0v) is 23.0. The fraction of sp³-hybridized carbons (Fsp3) is 0.393. The average molecular weight is 575 g/mol. The van der Waals surface area contributed by atoms with Crippen LogP contribution in [0.5, 0.6) is 11.5 Å². The second-order valence-corrected chi connectivity index (χ2v) is 10.6. The third-order valence-corrected chi connectivity index (χ3v) is 8.16. The normalized spacial score (nSPS) is 24.1. The largest absolute Gasteiger partial charge is 0.486 e. The Labute approximate surface area is 236 Å². The molecule has 4 aliphatic rings. The third-order valence-electron chi connectivity index (χ3n) is 7.37. The predicted octanol–water partition coefficient (Wildman–Crippen LogP) is 5.53. The number of ether oxygens (including phenoxy) is 3. The third kappa shape index (κ3) is 5.48. The number of rotatable bonds is 8. The molecule has 1 aliphatic carbocycles. The summed E-state index contributed by atoms with van der Waals surface area (Å²) in [5.41, 5.74) is 1.11. The van der Waals surface area contributed by atoms with E-state index in [1.54, 1.807) is 19.2 Å². The van der Waals surface area contributed by atoms with E-state index in [4.69, 9.17) is 37.4 Å². The number of hydrogen-bond donors (Lipinski definition) is 1. The van der Waals surface area contributed by atoms with Gasteiger partial charge >= 0.3 is 0 Å². The minimum Gasteiger partial charge on any atom is -0.486 e. The van der Waals surface area contributed by atoms with Gasteiger partial charge in [0, 0.05) is 50.0 Å². The van der Waals surface area contributed by atoms with Crippen LogP contribution in [-0.4, -0.2) is 68.9 Å². The molecule has 2 aromatic rings. The van der Waals surface area contributed by atoms with Crippen molar-refractivity contribution in [2.75, 3.05) is 38.7 Å². The van der Waals surface area contributed by atoms with E-state index in [0.717, 1.165) is 12.8 Å². The van der Waals surface area contributed by atoms with Crippen molar-refractivity contribution in [1.29, 1.82) is 0 Å². The lowest BCUT2D eigenvalue weighted by Gasteiger charge is -2.52. The molecule has 1 saturated carbocycles.